The normalized spacial score (nSPS) is 16.4. The number of amidine groups is 1. The van der Waals surface area contributed by atoms with Crippen LogP contribution in [0, 0.1) is 17.0 Å². The van der Waals surface area contributed by atoms with Crippen LogP contribution >= 0.6 is 11.8 Å². The van der Waals surface area contributed by atoms with Gasteiger partial charge in [0.15, 0.2) is 11.0 Å². The maximum absolute atomic E-state index is 13.2. The molecule has 1 aromatic heterocycles. The first kappa shape index (κ1) is 21.2. The molecule has 0 spiro atoms. The molecule has 32 heavy (non-hydrogen) atoms. The predicted molar refractivity (Wildman–Crippen MR) is 128 cm³/mol. The zero-order chi connectivity index (χ0) is 22.5. The van der Waals surface area contributed by atoms with Gasteiger partial charge in [-0.1, -0.05) is 42.5 Å². The number of hydrogen-bond acceptors (Lipinski definition) is 6. The van der Waals surface area contributed by atoms with Gasteiger partial charge < -0.3 is 0 Å². The highest BCUT2D eigenvalue weighted by Gasteiger charge is 2.34. The third-order valence-electron chi connectivity index (χ3n) is 4.56. The van der Waals surface area contributed by atoms with Gasteiger partial charge in [0.25, 0.3) is 11.6 Å². The molecule has 2 heterocycles. The monoisotopic (exact) mass is 442 g/mol. The number of aryl methyl sites for hydroxylation is 1. The summed E-state index contributed by atoms with van der Waals surface area (Å²) in [5.74, 6) is 0.290. The van der Waals surface area contributed by atoms with Crippen molar-refractivity contribution in [2.45, 2.75) is 6.92 Å². The number of hydrogen-bond donors (Lipinski definition) is 0. The molecular weight excluding hydrogens is 424 g/mol. The van der Waals surface area contributed by atoms with E-state index in [2.05, 4.69) is 9.98 Å². The maximum atomic E-state index is 13.2. The van der Waals surface area contributed by atoms with E-state index in [1.807, 2.05) is 49.4 Å². The van der Waals surface area contributed by atoms with E-state index in [1.54, 1.807) is 47.4 Å². The van der Waals surface area contributed by atoms with E-state index < -0.39 is 4.92 Å². The zero-order valence-electron chi connectivity index (χ0n) is 17.1. The second-order valence-corrected chi connectivity index (χ2v) is 7.82. The Balaban J connectivity index is 1.69. The smallest absolute Gasteiger partial charge is 0.268 e. The summed E-state index contributed by atoms with van der Waals surface area (Å²) < 4.78 is 0. The fourth-order valence-electron chi connectivity index (χ4n) is 3.09. The van der Waals surface area contributed by atoms with Crippen molar-refractivity contribution in [2.24, 2.45) is 4.99 Å². The summed E-state index contributed by atoms with van der Waals surface area (Å²) in [7, 11) is 0. The van der Waals surface area contributed by atoms with Crippen LogP contribution in [0.5, 0.6) is 0 Å². The van der Waals surface area contributed by atoms with Gasteiger partial charge in [-0.15, -0.1) is 0 Å². The molecule has 1 fully saturated rings. The first-order valence-corrected chi connectivity index (χ1v) is 10.6. The van der Waals surface area contributed by atoms with Gasteiger partial charge in [-0.3, -0.25) is 19.8 Å². The van der Waals surface area contributed by atoms with Crippen molar-refractivity contribution in [3.63, 3.8) is 0 Å². The molecule has 7 nitrogen and oxygen atoms in total. The molecule has 1 saturated heterocycles. The molecule has 0 aliphatic carbocycles. The molecule has 1 amide bonds. The number of pyridine rings is 1. The number of para-hydroxylation sites is 2. The first-order chi connectivity index (χ1) is 15.5. The van der Waals surface area contributed by atoms with E-state index in [9.17, 15) is 14.9 Å². The molecule has 0 atom stereocenters. The molecule has 1 aliphatic rings. The average Bonchev–Trinajstić information content (AvgIpc) is 3.09. The minimum absolute atomic E-state index is 0.00577. The van der Waals surface area contributed by atoms with E-state index in [1.165, 1.54) is 17.8 Å². The number of thioether (sulfide) groups is 1. The second kappa shape index (κ2) is 9.40. The van der Waals surface area contributed by atoms with Gasteiger partial charge in [-0.25, -0.2) is 9.98 Å². The molecule has 8 heteroatoms. The van der Waals surface area contributed by atoms with Gasteiger partial charge in [-0.05, 0) is 61.2 Å². The van der Waals surface area contributed by atoms with E-state index in [-0.39, 0.29) is 11.6 Å². The molecule has 1 aliphatic heterocycles. The molecule has 3 aromatic rings. The van der Waals surface area contributed by atoms with Crippen molar-refractivity contribution in [1.82, 2.24) is 4.98 Å². The number of aliphatic imine (C=N–C) groups is 1. The number of aromatic nitrogens is 1. The summed E-state index contributed by atoms with van der Waals surface area (Å²) >= 11 is 1.23. The van der Waals surface area contributed by atoms with Gasteiger partial charge in [0.2, 0.25) is 0 Å². The molecule has 0 N–H and O–H groups in total. The Labute approximate surface area is 189 Å². The maximum Gasteiger partial charge on any atom is 0.276 e. The number of benzene rings is 2. The summed E-state index contributed by atoms with van der Waals surface area (Å²) in [4.78, 5) is 35.0. The fourth-order valence-corrected chi connectivity index (χ4v) is 4.03. The third-order valence-corrected chi connectivity index (χ3v) is 5.55. The first-order valence-electron chi connectivity index (χ1n) is 9.74. The van der Waals surface area contributed by atoms with Crippen LogP contribution in [0.25, 0.3) is 6.08 Å². The zero-order valence-corrected chi connectivity index (χ0v) is 17.9. The molecule has 0 radical (unpaired) electrons. The Morgan fingerprint density at radius 1 is 1.03 bits per heavy atom. The minimum atomic E-state index is -0.432. The van der Waals surface area contributed by atoms with Gasteiger partial charge in [0, 0.05) is 11.8 Å². The van der Waals surface area contributed by atoms with Crippen LogP contribution in [0.2, 0.25) is 0 Å². The van der Waals surface area contributed by atoms with E-state index in [0.717, 1.165) is 5.69 Å². The Hall–Kier alpha value is -4.04. The molecule has 0 unspecified atom stereocenters. The lowest BCUT2D eigenvalue weighted by atomic mass is 10.1. The van der Waals surface area contributed by atoms with Gasteiger partial charge in [-0.2, -0.15) is 0 Å². The van der Waals surface area contributed by atoms with Crippen molar-refractivity contribution in [1.29, 1.82) is 0 Å². The van der Waals surface area contributed by atoms with Crippen LogP contribution in [-0.4, -0.2) is 21.0 Å². The Bertz CT molecular complexity index is 1270. The topological polar surface area (TPSA) is 88.7 Å². The highest BCUT2D eigenvalue weighted by atomic mass is 32.2. The van der Waals surface area contributed by atoms with Crippen LogP contribution in [0.15, 0.2) is 94.8 Å². The van der Waals surface area contributed by atoms with Crippen LogP contribution < -0.4 is 4.90 Å². The summed E-state index contributed by atoms with van der Waals surface area (Å²) in [6, 6.07) is 21.2. The Morgan fingerprint density at radius 2 is 1.78 bits per heavy atom. The van der Waals surface area contributed by atoms with Crippen LogP contribution in [0.3, 0.4) is 0 Å². The highest BCUT2D eigenvalue weighted by Crippen LogP contribution is 2.36. The molecule has 4 rings (SSSR count). The molecule has 0 saturated carbocycles. The largest absolute Gasteiger partial charge is 0.276 e. The second-order valence-electron chi connectivity index (χ2n) is 6.82. The lowest BCUT2D eigenvalue weighted by molar-refractivity contribution is -0.385. The summed E-state index contributed by atoms with van der Waals surface area (Å²) in [5, 5.41) is 11.7. The molecule has 0 bridgehead atoms. The Kier molecular flexibility index (Phi) is 6.23. The number of allylic oxidation sites excluding steroid dienone is 2. The van der Waals surface area contributed by atoms with Crippen LogP contribution in [0.4, 0.5) is 17.2 Å². The summed E-state index contributed by atoms with van der Waals surface area (Å²) in [6.45, 7) is 1.88. The van der Waals surface area contributed by atoms with Gasteiger partial charge in [0.05, 0.1) is 21.1 Å². The van der Waals surface area contributed by atoms with Gasteiger partial charge in [0.1, 0.15) is 0 Å². The standard InChI is InChI=1S/C24H18N4O3S/c1-17-9-7-16-22(25-17)26-24-27(19-12-3-2-4-13-19)23(29)21(32-24)15-8-11-18-10-5-6-14-20(18)28(30)31/h2-16H,1H3/b11-8+,21-15-,26-24+. The highest BCUT2D eigenvalue weighted by molar-refractivity contribution is 8.19. The number of carbonyl (C=O) groups excluding carboxylic acids is 1. The molecular formula is C24H18N4O3S. The van der Waals surface area contributed by atoms with Crippen molar-refractivity contribution in [3.8, 4) is 0 Å². The van der Waals surface area contributed by atoms with Crippen molar-refractivity contribution in [3.05, 3.63) is 111 Å². The van der Waals surface area contributed by atoms with Crippen molar-refractivity contribution in [2.75, 3.05) is 4.90 Å². The third kappa shape index (κ3) is 4.65. The van der Waals surface area contributed by atoms with Crippen LogP contribution in [0.1, 0.15) is 11.3 Å². The number of nitro benzene ring substituents is 1. The molecule has 2 aromatic carbocycles. The quantitative estimate of drug-likeness (QED) is 0.289. The Morgan fingerprint density at radius 3 is 2.53 bits per heavy atom. The predicted octanol–water partition coefficient (Wildman–Crippen LogP) is 5.66. The minimum Gasteiger partial charge on any atom is -0.268 e. The fraction of sp³-hybridized carbons (Fsp3) is 0.0417. The number of carbonyl (C=O) groups is 1. The lowest BCUT2D eigenvalue weighted by Crippen LogP contribution is -2.28. The van der Waals surface area contributed by atoms with E-state index in [0.29, 0.717) is 27.1 Å². The summed E-state index contributed by atoms with van der Waals surface area (Å²) in [5.41, 5.74) is 1.99. The number of rotatable bonds is 5. The summed E-state index contributed by atoms with van der Waals surface area (Å²) in [6.07, 6.45) is 4.90. The van der Waals surface area contributed by atoms with Crippen molar-refractivity contribution >= 4 is 46.1 Å². The number of amides is 1. The van der Waals surface area contributed by atoms with Gasteiger partial charge >= 0.3 is 0 Å². The SMILES string of the molecule is Cc1cccc(/N=C2/S/C(=C\C=C\c3ccccc3[N+](=O)[O-])C(=O)N2c2ccccc2)n1. The van der Waals surface area contributed by atoms with Crippen LogP contribution in [-0.2, 0) is 4.79 Å². The number of nitrogens with zero attached hydrogens (tertiary/aromatic N) is 4. The number of nitro groups is 1. The lowest BCUT2D eigenvalue weighted by Gasteiger charge is -2.15. The average molecular weight is 443 g/mol. The van der Waals surface area contributed by atoms with E-state index in [4.69, 9.17) is 0 Å². The number of anilines is 1. The molecule has 158 valence electrons. The van der Waals surface area contributed by atoms with Crippen molar-refractivity contribution < 1.29 is 9.72 Å². The van der Waals surface area contributed by atoms with E-state index >= 15 is 0 Å².